The normalized spacial score (nSPS) is 16.6. The number of rotatable bonds is 4. The van der Waals surface area contributed by atoms with Crippen molar-refractivity contribution in [1.29, 1.82) is 0 Å². The van der Waals surface area contributed by atoms with Crippen LogP contribution in [0.4, 0.5) is 14.6 Å². The monoisotopic (exact) mass is 453 g/mol. The van der Waals surface area contributed by atoms with Crippen molar-refractivity contribution >= 4 is 11.7 Å². The molecule has 3 aromatic rings. The van der Waals surface area contributed by atoms with Gasteiger partial charge in [0.05, 0.1) is 17.9 Å². The van der Waals surface area contributed by atoms with Gasteiger partial charge in [-0.05, 0) is 18.2 Å². The summed E-state index contributed by atoms with van der Waals surface area (Å²) in [5, 5.41) is 0. The first-order valence-electron chi connectivity index (χ1n) is 11.1. The Bertz CT molecular complexity index is 1160. The van der Waals surface area contributed by atoms with Gasteiger partial charge in [0, 0.05) is 69.8 Å². The van der Waals surface area contributed by atoms with Crippen molar-refractivity contribution in [2.75, 3.05) is 24.5 Å². The molecular weight excluding hydrogens is 428 g/mol. The number of nitrogens with zero attached hydrogens (tertiary/aromatic N) is 4. The number of benzene rings is 1. The molecule has 7 nitrogen and oxygen atoms in total. The van der Waals surface area contributed by atoms with Crippen molar-refractivity contribution in [3.05, 3.63) is 59.7 Å². The topological polar surface area (TPSA) is 74.3 Å². The number of ether oxygens (including phenoxy) is 1. The van der Waals surface area contributed by atoms with Gasteiger partial charge in [0.25, 0.3) is 0 Å². The third kappa shape index (κ3) is 4.40. The Balaban J connectivity index is 1.36. The molecule has 0 atom stereocenters. The van der Waals surface area contributed by atoms with E-state index in [2.05, 4.69) is 9.88 Å². The van der Waals surface area contributed by atoms with Gasteiger partial charge >= 0.3 is 0 Å². The summed E-state index contributed by atoms with van der Waals surface area (Å²) in [6, 6.07) is 5.33. The van der Waals surface area contributed by atoms with Gasteiger partial charge in [0.1, 0.15) is 17.6 Å². The highest BCUT2D eigenvalue weighted by molar-refractivity contribution is 5.74. The molecule has 1 N–H and O–H groups in total. The van der Waals surface area contributed by atoms with Gasteiger partial charge < -0.3 is 19.5 Å². The summed E-state index contributed by atoms with van der Waals surface area (Å²) in [7, 11) is 0. The lowest BCUT2D eigenvalue weighted by Crippen LogP contribution is -2.40. The van der Waals surface area contributed by atoms with E-state index in [1.54, 1.807) is 11.8 Å². The molecule has 2 aliphatic heterocycles. The molecule has 1 fully saturated rings. The number of aromatic nitrogens is 3. The zero-order valence-corrected chi connectivity index (χ0v) is 18.4. The lowest BCUT2D eigenvalue weighted by Gasteiger charge is -2.35. The Morgan fingerprint density at radius 2 is 1.94 bits per heavy atom. The van der Waals surface area contributed by atoms with Crippen LogP contribution < -0.4 is 9.64 Å². The number of amides is 1. The third-order valence-corrected chi connectivity index (χ3v) is 6.24. The van der Waals surface area contributed by atoms with Gasteiger partial charge in [-0.2, -0.15) is 0 Å². The van der Waals surface area contributed by atoms with Crippen LogP contribution in [0.5, 0.6) is 5.75 Å². The maximum atomic E-state index is 14.0. The first kappa shape index (κ1) is 21.4. The number of hydrogen-bond donors (Lipinski definition) is 1. The Morgan fingerprint density at radius 3 is 2.64 bits per heavy atom. The molecule has 0 unspecified atom stereocenters. The van der Waals surface area contributed by atoms with E-state index in [1.807, 2.05) is 18.5 Å². The molecule has 2 aromatic heterocycles. The van der Waals surface area contributed by atoms with Crippen LogP contribution in [0, 0.1) is 11.6 Å². The molecule has 5 rings (SSSR count). The van der Waals surface area contributed by atoms with Gasteiger partial charge in [-0.1, -0.05) is 0 Å². The number of piperidine rings is 1. The van der Waals surface area contributed by atoms with Crippen LogP contribution in [-0.2, 0) is 17.8 Å². The van der Waals surface area contributed by atoms with Gasteiger partial charge in [0.15, 0.2) is 17.4 Å². The molecular formula is C24H25F2N5O2. The number of halogens is 2. The summed E-state index contributed by atoms with van der Waals surface area (Å²) in [5.74, 6) is -0.381. The molecule has 9 heteroatoms. The fourth-order valence-corrected chi connectivity index (χ4v) is 4.41. The van der Waals surface area contributed by atoms with Crippen LogP contribution in [0.15, 0.2) is 36.7 Å². The first-order valence-corrected chi connectivity index (χ1v) is 11.1. The van der Waals surface area contributed by atoms with E-state index in [0.29, 0.717) is 45.4 Å². The number of anilines is 1. The summed E-state index contributed by atoms with van der Waals surface area (Å²) in [6.45, 7) is 4.04. The maximum absolute atomic E-state index is 14.0. The fourth-order valence-electron chi connectivity index (χ4n) is 4.41. The number of aromatic amines is 1. The highest BCUT2D eigenvalue weighted by atomic mass is 19.1. The van der Waals surface area contributed by atoms with Gasteiger partial charge in [-0.15, -0.1) is 0 Å². The summed E-state index contributed by atoms with van der Waals surface area (Å²) >= 11 is 0. The van der Waals surface area contributed by atoms with Crippen molar-refractivity contribution in [1.82, 2.24) is 19.9 Å². The SMILES string of the molecule is CC(=O)N1CCc2nc(N3CCC(Oc4ccc(F)cc4F)CC3)c(-c3cc[nH]c3)nc2C1. The Labute approximate surface area is 190 Å². The summed E-state index contributed by atoms with van der Waals surface area (Å²) < 4.78 is 32.9. The maximum Gasteiger partial charge on any atom is 0.219 e. The van der Waals surface area contributed by atoms with E-state index in [9.17, 15) is 13.6 Å². The lowest BCUT2D eigenvalue weighted by molar-refractivity contribution is -0.129. The average Bonchev–Trinajstić information content (AvgIpc) is 3.35. The molecule has 1 amide bonds. The predicted octanol–water partition coefficient (Wildman–Crippen LogP) is 3.70. The molecule has 33 heavy (non-hydrogen) atoms. The van der Waals surface area contributed by atoms with Crippen LogP contribution in [0.3, 0.4) is 0 Å². The zero-order valence-electron chi connectivity index (χ0n) is 18.4. The van der Waals surface area contributed by atoms with E-state index in [1.165, 1.54) is 12.1 Å². The minimum Gasteiger partial charge on any atom is -0.487 e. The zero-order chi connectivity index (χ0) is 22.9. The van der Waals surface area contributed by atoms with Crippen molar-refractivity contribution in [2.45, 2.75) is 38.8 Å². The van der Waals surface area contributed by atoms with E-state index in [4.69, 9.17) is 14.7 Å². The highest BCUT2D eigenvalue weighted by Crippen LogP contribution is 2.33. The summed E-state index contributed by atoms with van der Waals surface area (Å²) in [5.41, 5.74) is 3.48. The Morgan fingerprint density at radius 1 is 1.12 bits per heavy atom. The molecule has 0 saturated carbocycles. The van der Waals surface area contributed by atoms with Crippen LogP contribution in [0.25, 0.3) is 11.3 Å². The first-order chi connectivity index (χ1) is 16.0. The van der Waals surface area contributed by atoms with E-state index >= 15 is 0 Å². The second kappa shape index (κ2) is 8.80. The van der Waals surface area contributed by atoms with Crippen LogP contribution >= 0.6 is 0 Å². The van der Waals surface area contributed by atoms with Gasteiger partial charge in [-0.25, -0.2) is 18.7 Å². The highest BCUT2D eigenvalue weighted by Gasteiger charge is 2.28. The number of carbonyl (C=O) groups is 1. The van der Waals surface area contributed by atoms with Crippen molar-refractivity contribution in [3.63, 3.8) is 0 Å². The second-order valence-corrected chi connectivity index (χ2v) is 8.46. The largest absolute Gasteiger partial charge is 0.487 e. The minimum atomic E-state index is -0.688. The minimum absolute atomic E-state index is 0.0365. The van der Waals surface area contributed by atoms with Crippen LogP contribution in [0.1, 0.15) is 31.2 Å². The molecule has 1 saturated heterocycles. The number of fused-ring (bicyclic) bond motifs is 1. The Kier molecular flexibility index (Phi) is 5.70. The standard InChI is InChI=1S/C24H25F2N5O2/c1-15(32)31-11-7-20-21(14-31)28-23(16-4-8-27-13-16)24(29-20)30-9-5-18(6-10-30)33-22-3-2-17(25)12-19(22)26/h2-4,8,12-13,18,27H,5-7,9-11,14H2,1H3. The van der Waals surface area contributed by atoms with E-state index in [0.717, 1.165) is 34.5 Å². The summed E-state index contributed by atoms with van der Waals surface area (Å²) in [6.07, 6.45) is 5.61. The molecule has 0 bridgehead atoms. The second-order valence-electron chi connectivity index (χ2n) is 8.46. The number of H-pyrrole nitrogens is 1. The van der Waals surface area contributed by atoms with Crippen LogP contribution in [-0.4, -0.2) is 51.5 Å². The molecule has 0 radical (unpaired) electrons. The number of carbonyl (C=O) groups excluding carboxylic acids is 1. The van der Waals surface area contributed by atoms with Crippen molar-refractivity contribution in [3.8, 4) is 17.0 Å². The van der Waals surface area contributed by atoms with E-state index < -0.39 is 11.6 Å². The van der Waals surface area contributed by atoms with Crippen molar-refractivity contribution < 1.29 is 18.3 Å². The summed E-state index contributed by atoms with van der Waals surface area (Å²) in [4.78, 5) is 28.8. The van der Waals surface area contributed by atoms with Gasteiger partial charge in [0.2, 0.25) is 5.91 Å². The van der Waals surface area contributed by atoms with Crippen molar-refractivity contribution in [2.24, 2.45) is 0 Å². The lowest BCUT2D eigenvalue weighted by atomic mass is 10.1. The third-order valence-electron chi connectivity index (χ3n) is 6.24. The predicted molar refractivity (Wildman–Crippen MR) is 119 cm³/mol. The smallest absolute Gasteiger partial charge is 0.219 e. The molecule has 2 aliphatic rings. The average molecular weight is 453 g/mol. The molecule has 1 aromatic carbocycles. The molecule has 0 aliphatic carbocycles. The quantitative estimate of drug-likeness (QED) is 0.652. The Hall–Kier alpha value is -3.49. The molecule has 172 valence electrons. The number of nitrogens with one attached hydrogen (secondary N) is 1. The van der Waals surface area contributed by atoms with E-state index in [-0.39, 0.29) is 17.8 Å². The molecule has 4 heterocycles. The fraction of sp³-hybridized carbons (Fsp3) is 0.375. The van der Waals surface area contributed by atoms with Gasteiger partial charge in [-0.3, -0.25) is 4.79 Å². The van der Waals surface area contributed by atoms with Crippen LogP contribution in [0.2, 0.25) is 0 Å². The number of hydrogen-bond acceptors (Lipinski definition) is 5. The molecule has 0 spiro atoms.